The van der Waals surface area contributed by atoms with Gasteiger partial charge in [0, 0.05) is 31.6 Å². The third-order valence-electron chi connectivity index (χ3n) is 5.29. The van der Waals surface area contributed by atoms with Gasteiger partial charge >= 0.3 is 0 Å². The average Bonchev–Trinajstić information content (AvgIpc) is 3.44. The van der Waals surface area contributed by atoms with Crippen LogP contribution in [0.5, 0.6) is 0 Å². The molecule has 1 aliphatic heterocycles. The quantitative estimate of drug-likeness (QED) is 0.620. The molecule has 2 aromatic heterocycles. The molecule has 1 aromatic carbocycles. The summed E-state index contributed by atoms with van der Waals surface area (Å²) in [6.45, 7) is 6.88. The molecule has 0 bridgehead atoms. The molecule has 0 atom stereocenters. The second-order valence-corrected chi connectivity index (χ2v) is 10.5. The maximum Gasteiger partial charge on any atom is 0.289 e. The van der Waals surface area contributed by atoms with Gasteiger partial charge in [-0.1, -0.05) is 39.0 Å². The molecule has 8 nitrogen and oxygen atoms in total. The van der Waals surface area contributed by atoms with Crippen LogP contribution in [0.25, 0.3) is 5.69 Å². The van der Waals surface area contributed by atoms with Crippen LogP contribution in [0.1, 0.15) is 37.0 Å². The Morgan fingerprint density at radius 3 is 2.26 bits per heavy atom. The predicted octanol–water partition coefficient (Wildman–Crippen LogP) is 2.91. The van der Waals surface area contributed by atoms with Crippen LogP contribution in [0.4, 0.5) is 0 Å². The highest BCUT2D eigenvalue weighted by molar-refractivity contribution is 7.89. The minimum absolute atomic E-state index is 0.203. The van der Waals surface area contributed by atoms with Crippen molar-refractivity contribution >= 4 is 15.9 Å². The van der Waals surface area contributed by atoms with Gasteiger partial charge < -0.3 is 9.32 Å². The number of carbonyl (C=O) groups is 1. The maximum atomic E-state index is 13.6. The number of rotatable bonds is 4. The molecule has 9 heteroatoms. The minimum atomic E-state index is -3.78. The molecule has 0 unspecified atom stereocenters. The van der Waals surface area contributed by atoms with Crippen LogP contribution in [0.2, 0.25) is 0 Å². The lowest BCUT2D eigenvalue weighted by molar-refractivity contribution is 0.0666. The number of nitrogens with zero attached hydrogens (tertiary/aromatic N) is 4. The molecule has 1 saturated heterocycles. The Labute approximate surface area is 182 Å². The van der Waals surface area contributed by atoms with Gasteiger partial charge in [0.2, 0.25) is 10.0 Å². The largest absolute Gasteiger partial charge is 0.459 e. The number of para-hydroxylation sites is 1. The summed E-state index contributed by atoms with van der Waals surface area (Å²) in [4.78, 5) is 14.3. The van der Waals surface area contributed by atoms with Crippen molar-refractivity contribution in [1.29, 1.82) is 0 Å². The third kappa shape index (κ3) is 4.15. The van der Waals surface area contributed by atoms with E-state index >= 15 is 0 Å². The highest BCUT2D eigenvalue weighted by Crippen LogP contribution is 2.31. The van der Waals surface area contributed by atoms with Crippen molar-refractivity contribution in [2.45, 2.75) is 31.1 Å². The lowest BCUT2D eigenvalue weighted by Crippen LogP contribution is -2.50. The SMILES string of the molecule is CC(C)(C)c1nn(-c2ccccc2)cc1S(=O)(=O)N1CCN(C(=O)c2ccco2)CC1. The fourth-order valence-electron chi connectivity index (χ4n) is 3.61. The number of furan rings is 1. The summed E-state index contributed by atoms with van der Waals surface area (Å²) in [5.41, 5.74) is 0.855. The Hall–Kier alpha value is -2.91. The highest BCUT2D eigenvalue weighted by atomic mass is 32.2. The Bertz CT molecular complexity index is 1150. The van der Waals surface area contributed by atoms with E-state index in [4.69, 9.17) is 4.42 Å². The Kier molecular flexibility index (Phi) is 5.49. The third-order valence-corrected chi connectivity index (χ3v) is 7.19. The van der Waals surface area contributed by atoms with Gasteiger partial charge in [-0.2, -0.15) is 9.40 Å². The number of hydrogen-bond acceptors (Lipinski definition) is 5. The summed E-state index contributed by atoms with van der Waals surface area (Å²) in [6, 6.07) is 12.7. The van der Waals surface area contributed by atoms with E-state index in [-0.39, 0.29) is 29.7 Å². The lowest BCUT2D eigenvalue weighted by Gasteiger charge is -2.33. The van der Waals surface area contributed by atoms with Crippen molar-refractivity contribution in [3.63, 3.8) is 0 Å². The molecule has 164 valence electrons. The van der Waals surface area contributed by atoms with Gasteiger partial charge in [-0.3, -0.25) is 4.79 Å². The van der Waals surface area contributed by atoms with Crippen LogP contribution in [0.15, 0.2) is 64.2 Å². The van der Waals surface area contributed by atoms with Crippen molar-refractivity contribution < 1.29 is 17.6 Å². The van der Waals surface area contributed by atoms with E-state index in [2.05, 4.69) is 5.10 Å². The molecule has 1 fully saturated rings. The Balaban J connectivity index is 1.60. The smallest absolute Gasteiger partial charge is 0.289 e. The van der Waals surface area contributed by atoms with Crippen LogP contribution in [0, 0.1) is 0 Å². The zero-order valence-corrected chi connectivity index (χ0v) is 18.7. The van der Waals surface area contributed by atoms with E-state index in [1.165, 1.54) is 10.6 Å². The zero-order valence-electron chi connectivity index (χ0n) is 17.9. The molecule has 1 aliphatic rings. The van der Waals surface area contributed by atoms with Crippen molar-refractivity contribution in [2.75, 3.05) is 26.2 Å². The van der Waals surface area contributed by atoms with E-state index in [1.807, 2.05) is 51.1 Å². The molecule has 0 spiro atoms. The molecule has 3 heterocycles. The summed E-state index contributed by atoms with van der Waals surface area (Å²) in [7, 11) is -3.78. The fraction of sp³-hybridized carbons (Fsp3) is 0.364. The zero-order chi connectivity index (χ0) is 22.2. The van der Waals surface area contributed by atoms with Crippen LogP contribution in [-0.4, -0.2) is 59.5 Å². The predicted molar refractivity (Wildman–Crippen MR) is 116 cm³/mol. The van der Waals surface area contributed by atoms with Crippen molar-refractivity contribution in [3.05, 3.63) is 66.4 Å². The molecule has 0 radical (unpaired) electrons. The summed E-state index contributed by atoms with van der Waals surface area (Å²) in [5, 5.41) is 4.62. The number of benzene rings is 1. The van der Waals surface area contributed by atoms with Crippen molar-refractivity contribution in [3.8, 4) is 5.69 Å². The molecule has 3 aromatic rings. The molecule has 0 saturated carbocycles. The van der Waals surface area contributed by atoms with Crippen LogP contribution < -0.4 is 0 Å². The van der Waals surface area contributed by atoms with Crippen LogP contribution in [-0.2, 0) is 15.4 Å². The molecule has 0 N–H and O–H groups in total. The van der Waals surface area contributed by atoms with Gasteiger partial charge in [0.15, 0.2) is 5.76 Å². The Morgan fingerprint density at radius 1 is 1.00 bits per heavy atom. The normalized spacial score (nSPS) is 15.9. The molecule has 31 heavy (non-hydrogen) atoms. The number of piperazine rings is 1. The van der Waals surface area contributed by atoms with Gasteiger partial charge in [0.25, 0.3) is 5.91 Å². The molecule has 1 amide bonds. The van der Waals surface area contributed by atoms with Crippen molar-refractivity contribution in [1.82, 2.24) is 19.0 Å². The molecule has 0 aliphatic carbocycles. The first-order chi connectivity index (χ1) is 14.7. The summed E-state index contributed by atoms with van der Waals surface area (Å²) in [5.74, 6) is 0.0322. The minimum Gasteiger partial charge on any atom is -0.459 e. The van der Waals surface area contributed by atoms with E-state index in [9.17, 15) is 13.2 Å². The number of carbonyl (C=O) groups excluding carboxylic acids is 1. The molecular weight excluding hydrogens is 416 g/mol. The average molecular weight is 443 g/mol. The second-order valence-electron chi connectivity index (χ2n) is 8.55. The first kappa shape index (κ1) is 21.3. The topological polar surface area (TPSA) is 88.7 Å². The second kappa shape index (κ2) is 7.97. The number of hydrogen-bond donors (Lipinski definition) is 0. The lowest BCUT2D eigenvalue weighted by atomic mass is 9.92. The Morgan fingerprint density at radius 2 is 1.68 bits per heavy atom. The fourth-order valence-corrected chi connectivity index (χ4v) is 5.35. The summed E-state index contributed by atoms with van der Waals surface area (Å²) < 4.78 is 35.3. The molecule has 4 rings (SSSR count). The van der Waals surface area contributed by atoms with E-state index in [0.717, 1.165) is 5.69 Å². The highest BCUT2D eigenvalue weighted by Gasteiger charge is 2.36. The number of aromatic nitrogens is 2. The summed E-state index contributed by atoms with van der Waals surface area (Å²) >= 11 is 0. The maximum absolute atomic E-state index is 13.6. The van der Waals surface area contributed by atoms with Crippen molar-refractivity contribution in [2.24, 2.45) is 0 Å². The number of sulfonamides is 1. The molecular formula is C22H26N4O4S. The van der Waals surface area contributed by atoms with Gasteiger partial charge in [-0.05, 0) is 24.3 Å². The van der Waals surface area contributed by atoms with E-state index in [1.54, 1.807) is 27.9 Å². The van der Waals surface area contributed by atoms with Gasteiger partial charge in [0.05, 0.1) is 23.8 Å². The first-order valence-corrected chi connectivity index (χ1v) is 11.6. The first-order valence-electron chi connectivity index (χ1n) is 10.2. The van der Waals surface area contributed by atoms with E-state index < -0.39 is 15.4 Å². The van der Waals surface area contributed by atoms with Crippen LogP contribution in [0.3, 0.4) is 0 Å². The van der Waals surface area contributed by atoms with Gasteiger partial charge in [-0.15, -0.1) is 0 Å². The monoisotopic (exact) mass is 442 g/mol. The number of amides is 1. The van der Waals surface area contributed by atoms with Gasteiger partial charge in [0.1, 0.15) is 4.90 Å². The van der Waals surface area contributed by atoms with Gasteiger partial charge in [-0.25, -0.2) is 13.1 Å². The standard InChI is InChI=1S/C22H26N4O4S/c1-22(2,3)20-19(16-26(23-20)17-8-5-4-6-9-17)31(28,29)25-13-11-24(12-14-25)21(27)18-10-7-15-30-18/h4-10,15-16H,11-14H2,1-3H3. The van der Waals surface area contributed by atoms with E-state index in [0.29, 0.717) is 18.8 Å². The van der Waals surface area contributed by atoms with Crippen LogP contribution >= 0.6 is 0 Å². The summed E-state index contributed by atoms with van der Waals surface area (Å²) in [6.07, 6.45) is 3.04.